The maximum atomic E-state index is 4.14. The number of piperazine rings is 1. The van der Waals surface area contributed by atoms with E-state index in [0.717, 1.165) is 26.2 Å². The second-order valence-electron chi connectivity index (χ2n) is 6.37. The Morgan fingerprint density at radius 2 is 1.86 bits per heavy atom. The van der Waals surface area contributed by atoms with Crippen LogP contribution in [0.4, 0.5) is 0 Å². The van der Waals surface area contributed by atoms with E-state index in [2.05, 4.69) is 65.4 Å². The van der Waals surface area contributed by atoms with Crippen LogP contribution in [0.15, 0.2) is 48.8 Å². The van der Waals surface area contributed by atoms with Crippen LogP contribution in [-0.4, -0.2) is 29.5 Å². The lowest BCUT2D eigenvalue weighted by atomic mass is 10.0. The summed E-state index contributed by atoms with van der Waals surface area (Å²) in [5, 5.41) is 3.51. The first-order valence-corrected chi connectivity index (χ1v) is 8.17. The van der Waals surface area contributed by atoms with Gasteiger partial charge in [-0.2, -0.15) is 0 Å². The van der Waals surface area contributed by atoms with Crippen molar-refractivity contribution in [3.05, 3.63) is 65.5 Å². The summed E-state index contributed by atoms with van der Waals surface area (Å²) < 4.78 is 0. The minimum Gasteiger partial charge on any atom is -0.314 e. The highest BCUT2D eigenvalue weighted by Crippen LogP contribution is 2.24. The van der Waals surface area contributed by atoms with Gasteiger partial charge in [-0.25, -0.2) is 0 Å². The van der Waals surface area contributed by atoms with Crippen LogP contribution in [0.2, 0.25) is 0 Å². The molecule has 1 atom stereocenters. The topological polar surface area (TPSA) is 28.2 Å². The molecule has 3 nitrogen and oxygen atoms in total. The third-order valence-electron chi connectivity index (χ3n) is 4.48. The molecule has 0 spiro atoms. The van der Waals surface area contributed by atoms with Crippen molar-refractivity contribution in [3.8, 4) is 0 Å². The molecular weight excluding hydrogens is 270 g/mol. The molecule has 1 unspecified atom stereocenters. The van der Waals surface area contributed by atoms with Crippen LogP contribution in [0.1, 0.15) is 42.5 Å². The monoisotopic (exact) mass is 295 g/mol. The average Bonchev–Trinajstić information content (AvgIpc) is 2.57. The van der Waals surface area contributed by atoms with Gasteiger partial charge in [-0.1, -0.05) is 38.1 Å². The van der Waals surface area contributed by atoms with Crippen molar-refractivity contribution in [1.29, 1.82) is 0 Å². The molecule has 22 heavy (non-hydrogen) atoms. The zero-order valence-electron chi connectivity index (χ0n) is 13.5. The molecule has 1 aromatic carbocycles. The van der Waals surface area contributed by atoms with Gasteiger partial charge in [-0.3, -0.25) is 9.88 Å². The molecule has 1 N–H and O–H groups in total. The molecule has 1 fully saturated rings. The summed E-state index contributed by atoms with van der Waals surface area (Å²) in [6, 6.07) is 13.8. The number of nitrogens with one attached hydrogen (secondary N) is 1. The van der Waals surface area contributed by atoms with E-state index >= 15 is 0 Å². The number of hydrogen-bond acceptors (Lipinski definition) is 3. The molecule has 0 saturated carbocycles. The first-order chi connectivity index (χ1) is 10.7. The van der Waals surface area contributed by atoms with E-state index in [1.807, 2.05) is 12.4 Å². The largest absolute Gasteiger partial charge is 0.314 e. The van der Waals surface area contributed by atoms with Gasteiger partial charge in [-0.05, 0) is 34.7 Å². The average molecular weight is 295 g/mol. The number of benzene rings is 1. The first kappa shape index (κ1) is 15.2. The number of nitrogens with zero attached hydrogens (tertiary/aromatic N) is 2. The molecule has 2 heterocycles. The molecule has 1 saturated heterocycles. The number of hydrogen-bond donors (Lipinski definition) is 1. The highest BCUT2D eigenvalue weighted by Gasteiger charge is 2.23. The van der Waals surface area contributed by atoms with Crippen LogP contribution in [0.3, 0.4) is 0 Å². The Morgan fingerprint density at radius 1 is 1.14 bits per heavy atom. The molecule has 3 heteroatoms. The van der Waals surface area contributed by atoms with Crippen LogP contribution in [0.5, 0.6) is 0 Å². The zero-order chi connectivity index (χ0) is 15.4. The molecule has 0 bridgehead atoms. The summed E-state index contributed by atoms with van der Waals surface area (Å²) >= 11 is 0. The van der Waals surface area contributed by atoms with Gasteiger partial charge >= 0.3 is 0 Å². The molecule has 2 aromatic rings. The predicted octanol–water partition coefficient (Wildman–Crippen LogP) is 3.35. The molecule has 3 rings (SSSR count). The quantitative estimate of drug-likeness (QED) is 0.937. The van der Waals surface area contributed by atoms with Gasteiger partial charge in [0.2, 0.25) is 0 Å². The number of rotatable bonds is 4. The van der Waals surface area contributed by atoms with E-state index in [-0.39, 0.29) is 0 Å². The minimum absolute atomic E-state index is 0.432. The van der Waals surface area contributed by atoms with Gasteiger partial charge in [-0.15, -0.1) is 0 Å². The Kier molecular flexibility index (Phi) is 4.86. The molecule has 1 aromatic heterocycles. The second kappa shape index (κ2) is 7.03. The van der Waals surface area contributed by atoms with Crippen molar-refractivity contribution in [3.63, 3.8) is 0 Å². The highest BCUT2D eigenvalue weighted by atomic mass is 15.2. The summed E-state index contributed by atoms with van der Waals surface area (Å²) in [6.07, 6.45) is 3.78. The normalized spacial score (nSPS) is 19.5. The van der Waals surface area contributed by atoms with Crippen LogP contribution in [0.25, 0.3) is 0 Å². The van der Waals surface area contributed by atoms with Gasteiger partial charge in [0.25, 0.3) is 0 Å². The summed E-state index contributed by atoms with van der Waals surface area (Å²) in [5.41, 5.74) is 4.15. The smallest absolute Gasteiger partial charge is 0.0477 e. The van der Waals surface area contributed by atoms with Crippen molar-refractivity contribution >= 4 is 0 Å². The Hall–Kier alpha value is -1.71. The van der Waals surface area contributed by atoms with Gasteiger partial charge in [0.15, 0.2) is 0 Å². The van der Waals surface area contributed by atoms with Crippen molar-refractivity contribution in [2.24, 2.45) is 0 Å². The third-order valence-corrected chi connectivity index (χ3v) is 4.48. The van der Waals surface area contributed by atoms with Crippen molar-refractivity contribution in [1.82, 2.24) is 15.2 Å². The number of pyridine rings is 1. The van der Waals surface area contributed by atoms with E-state index in [1.54, 1.807) is 0 Å². The molecule has 0 radical (unpaired) electrons. The first-order valence-electron chi connectivity index (χ1n) is 8.17. The molecule has 0 amide bonds. The van der Waals surface area contributed by atoms with E-state index < -0.39 is 0 Å². The lowest BCUT2D eigenvalue weighted by molar-refractivity contribution is 0.153. The fourth-order valence-corrected chi connectivity index (χ4v) is 3.09. The van der Waals surface area contributed by atoms with E-state index in [9.17, 15) is 0 Å². The van der Waals surface area contributed by atoms with E-state index in [4.69, 9.17) is 0 Å². The van der Waals surface area contributed by atoms with Crippen molar-refractivity contribution in [2.45, 2.75) is 32.4 Å². The summed E-state index contributed by atoms with van der Waals surface area (Å²) in [4.78, 5) is 6.70. The zero-order valence-corrected chi connectivity index (χ0v) is 13.5. The Bertz CT molecular complexity index is 577. The van der Waals surface area contributed by atoms with Crippen LogP contribution in [-0.2, 0) is 6.54 Å². The summed E-state index contributed by atoms with van der Waals surface area (Å²) in [5.74, 6) is 0.595. The van der Waals surface area contributed by atoms with Gasteiger partial charge in [0.05, 0.1) is 0 Å². The lowest BCUT2D eigenvalue weighted by Crippen LogP contribution is -2.45. The van der Waals surface area contributed by atoms with Crippen LogP contribution < -0.4 is 5.32 Å². The van der Waals surface area contributed by atoms with Gasteiger partial charge in [0, 0.05) is 44.6 Å². The molecule has 1 aliphatic heterocycles. The fraction of sp³-hybridized carbons (Fsp3) is 0.421. The van der Waals surface area contributed by atoms with E-state index in [1.165, 1.54) is 16.7 Å². The van der Waals surface area contributed by atoms with Crippen molar-refractivity contribution in [2.75, 3.05) is 19.6 Å². The maximum absolute atomic E-state index is 4.14. The molecule has 0 aliphatic carbocycles. The van der Waals surface area contributed by atoms with E-state index in [0.29, 0.717) is 12.0 Å². The third kappa shape index (κ3) is 3.54. The number of aromatic nitrogens is 1. The minimum atomic E-state index is 0.432. The second-order valence-corrected chi connectivity index (χ2v) is 6.37. The maximum Gasteiger partial charge on any atom is 0.0477 e. The predicted molar refractivity (Wildman–Crippen MR) is 90.8 cm³/mol. The Balaban J connectivity index is 1.74. The lowest BCUT2D eigenvalue weighted by Gasteiger charge is -2.36. The summed E-state index contributed by atoms with van der Waals surface area (Å²) in [7, 11) is 0. The van der Waals surface area contributed by atoms with Crippen LogP contribution >= 0.6 is 0 Å². The Morgan fingerprint density at radius 3 is 2.55 bits per heavy atom. The van der Waals surface area contributed by atoms with Crippen molar-refractivity contribution < 1.29 is 0 Å². The van der Waals surface area contributed by atoms with Gasteiger partial charge in [0.1, 0.15) is 0 Å². The SMILES string of the molecule is CC(C)c1ccc(CN2CCNCC2c2ccncc2)cc1. The molecular formula is C19H25N3. The fourth-order valence-electron chi connectivity index (χ4n) is 3.09. The van der Waals surface area contributed by atoms with Gasteiger partial charge < -0.3 is 5.32 Å². The molecule has 1 aliphatic rings. The summed E-state index contributed by atoms with van der Waals surface area (Å²) in [6.45, 7) is 8.64. The standard InChI is InChI=1S/C19H25N3/c1-15(2)17-5-3-16(4-6-17)14-22-12-11-21-13-19(22)18-7-9-20-10-8-18/h3-10,15,19,21H,11-14H2,1-2H3. The Labute approximate surface area is 133 Å². The molecule has 116 valence electrons. The highest BCUT2D eigenvalue weighted by molar-refractivity contribution is 5.25. The van der Waals surface area contributed by atoms with Crippen LogP contribution in [0, 0.1) is 0 Å².